The average molecular weight is 487 g/mol. The molecule has 0 spiro atoms. The molecule has 0 aromatic heterocycles. The maximum absolute atomic E-state index is 12.9. The van der Waals surface area contributed by atoms with Gasteiger partial charge in [0, 0.05) is 11.4 Å². The molecule has 1 heterocycles. The zero-order chi connectivity index (χ0) is 24.1. The van der Waals surface area contributed by atoms with Crippen LogP contribution >= 0.6 is 11.8 Å². The Bertz CT molecular complexity index is 1150. The number of rotatable bonds is 7. The van der Waals surface area contributed by atoms with Gasteiger partial charge >= 0.3 is 6.18 Å². The van der Waals surface area contributed by atoms with Gasteiger partial charge in [-0.25, -0.2) is 0 Å². The summed E-state index contributed by atoms with van der Waals surface area (Å²) in [5.41, 5.74) is 1.86. The molecule has 1 N–H and O–H groups in total. The summed E-state index contributed by atoms with van der Waals surface area (Å²) in [4.78, 5) is 26.3. The van der Waals surface area contributed by atoms with Crippen molar-refractivity contribution in [1.29, 1.82) is 0 Å². The average Bonchev–Trinajstić information content (AvgIpc) is 3.21. The van der Waals surface area contributed by atoms with Crippen LogP contribution in [0.3, 0.4) is 0 Å². The molecule has 9 heteroatoms. The zero-order valence-corrected chi connectivity index (χ0v) is 18.7. The van der Waals surface area contributed by atoms with Crippen molar-refractivity contribution in [2.24, 2.45) is 0 Å². The summed E-state index contributed by atoms with van der Waals surface area (Å²) in [6.45, 7) is 0.199. The minimum Gasteiger partial charge on any atom is -0.367 e. The Morgan fingerprint density at radius 1 is 1.03 bits per heavy atom. The van der Waals surface area contributed by atoms with E-state index in [1.54, 1.807) is 18.2 Å². The Hall–Kier alpha value is -3.30. The molecule has 176 valence electrons. The van der Waals surface area contributed by atoms with Gasteiger partial charge in [-0.2, -0.15) is 13.2 Å². The van der Waals surface area contributed by atoms with Crippen LogP contribution in [0.4, 0.5) is 24.5 Å². The predicted octanol–water partition coefficient (Wildman–Crippen LogP) is 5.64. The molecule has 2 amide bonds. The van der Waals surface area contributed by atoms with Gasteiger partial charge < -0.3 is 10.1 Å². The number of thioether (sulfide) groups is 1. The minimum absolute atomic E-state index is 0.118. The van der Waals surface area contributed by atoms with Gasteiger partial charge in [0.05, 0.1) is 17.9 Å². The molecule has 0 bridgehead atoms. The number of hydrogen-bond acceptors (Lipinski definition) is 4. The highest BCUT2D eigenvalue weighted by Crippen LogP contribution is 2.43. The van der Waals surface area contributed by atoms with Crippen LogP contribution in [0.2, 0.25) is 0 Å². The fourth-order valence-corrected chi connectivity index (χ4v) is 4.73. The quantitative estimate of drug-likeness (QED) is 0.470. The Labute approximate surface area is 198 Å². The molecular weight excluding hydrogens is 465 g/mol. The van der Waals surface area contributed by atoms with Gasteiger partial charge in [0.25, 0.3) is 0 Å². The van der Waals surface area contributed by atoms with E-state index in [4.69, 9.17) is 4.74 Å². The van der Waals surface area contributed by atoms with Crippen LogP contribution in [-0.4, -0.2) is 24.2 Å². The largest absolute Gasteiger partial charge is 0.416 e. The summed E-state index contributed by atoms with van der Waals surface area (Å²) in [5.74, 6) is -0.309. The summed E-state index contributed by atoms with van der Waals surface area (Å²) < 4.78 is 44.2. The van der Waals surface area contributed by atoms with Crippen LogP contribution in [0.15, 0.2) is 78.9 Å². The van der Waals surface area contributed by atoms with E-state index in [2.05, 4.69) is 5.32 Å². The molecule has 3 aromatic rings. The number of ether oxygens (including phenoxy) is 1. The molecule has 3 aromatic carbocycles. The van der Waals surface area contributed by atoms with E-state index in [0.29, 0.717) is 18.0 Å². The van der Waals surface area contributed by atoms with Crippen LogP contribution in [-0.2, 0) is 27.1 Å². The van der Waals surface area contributed by atoms with E-state index < -0.39 is 17.1 Å². The highest BCUT2D eigenvalue weighted by atomic mass is 32.2. The first-order chi connectivity index (χ1) is 16.3. The second kappa shape index (κ2) is 10.3. The topological polar surface area (TPSA) is 58.6 Å². The number of halogens is 3. The van der Waals surface area contributed by atoms with Gasteiger partial charge in [-0.3, -0.25) is 14.5 Å². The molecule has 1 aliphatic rings. The zero-order valence-electron chi connectivity index (χ0n) is 17.9. The van der Waals surface area contributed by atoms with Gasteiger partial charge in [-0.15, -0.1) is 11.8 Å². The standard InChI is InChI=1S/C25H21F3N2O3S/c26-25(27,28)19-9-11-21(12-10-19)30-23(32)16-34-24(30)18-7-4-8-20(13-18)29-22(31)15-33-14-17-5-2-1-3-6-17/h1-13,24H,14-16H2,(H,29,31)/t24-/m0/s1. The Kier molecular flexibility index (Phi) is 7.23. The van der Waals surface area contributed by atoms with Crippen LogP contribution < -0.4 is 10.2 Å². The molecule has 1 atom stereocenters. The van der Waals surface area contributed by atoms with Gasteiger partial charge in [0.15, 0.2) is 0 Å². The maximum Gasteiger partial charge on any atom is 0.416 e. The molecule has 1 saturated heterocycles. The number of carbonyl (C=O) groups excluding carboxylic acids is 2. The lowest BCUT2D eigenvalue weighted by molar-refractivity contribution is -0.137. The third-order valence-corrected chi connectivity index (χ3v) is 6.35. The number of anilines is 2. The smallest absolute Gasteiger partial charge is 0.367 e. The van der Waals surface area contributed by atoms with E-state index in [9.17, 15) is 22.8 Å². The summed E-state index contributed by atoms with van der Waals surface area (Å²) in [6.07, 6.45) is -4.45. The highest BCUT2D eigenvalue weighted by molar-refractivity contribution is 8.00. The van der Waals surface area contributed by atoms with Crippen molar-refractivity contribution in [3.8, 4) is 0 Å². The van der Waals surface area contributed by atoms with Crippen molar-refractivity contribution in [3.05, 3.63) is 95.6 Å². The van der Waals surface area contributed by atoms with Gasteiger partial charge in [-0.05, 0) is 47.5 Å². The van der Waals surface area contributed by atoms with Crippen molar-refractivity contribution in [3.63, 3.8) is 0 Å². The Balaban J connectivity index is 1.42. The lowest BCUT2D eigenvalue weighted by Crippen LogP contribution is -2.28. The number of nitrogens with zero attached hydrogens (tertiary/aromatic N) is 1. The predicted molar refractivity (Wildman–Crippen MR) is 125 cm³/mol. The monoisotopic (exact) mass is 486 g/mol. The molecule has 0 saturated carbocycles. The Morgan fingerprint density at radius 3 is 2.47 bits per heavy atom. The number of nitrogens with one attached hydrogen (secondary N) is 1. The summed E-state index contributed by atoms with van der Waals surface area (Å²) in [7, 11) is 0. The summed E-state index contributed by atoms with van der Waals surface area (Å²) in [6, 6.07) is 21.1. The molecule has 0 unspecified atom stereocenters. The lowest BCUT2D eigenvalue weighted by atomic mass is 10.1. The van der Waals surface area contributed by atoms with Crippen molar-refractivity contribution >= 4 is 35.0 Å². The van der Waals surface area contributed by atoms with Gasteiger partial charge in [0.1, 0.15) is 12.0 Å². The Morgan fingerprint density at radius 2 is 1.76 bits per heavy atom. The molecular formula is C25H21F3N2O3S. The lowest BCUT2D eigenvalue weighted by Gasteiger charge is -2.25. The third kappa shape index (κ3) is 5.78. The first-order valence-corrected chi connectivity index (χ1v) is 11.5. The second-order valence-corrected chi connectivity index (χ2v) is 8.69. The normalized spacial score (nSPS) is 16.0. The van der Waals surface area contributed by atoms with Crippen LogP contribution in [0, 0.1) is 0 Å². The van der Waals surface area contributed by atoms with E-state index in [1.165, 1.54) is 28.8 Å². The third-order valence-electron chi connectivity index (χ3n) is 5.14. The number of benzene rings is 3. The van der Waals surface area contributed by atoms with E-state index in [0.717, 1.165) is 23.3 Å². The number of hydrogen-bond donors (Lipinski definition) is 1. The van der Waals surface area contributed by atoms with E-state index in [1.807, 2.05) is 36.4 Å². The fraction of sp³-hybridized carbons (Fsp3) is 0.200. The summed E-state index contributed by atoms with van der Waals surface area (Å²) >= 11 is 1.37. The van der Waals surface area contributed by atoms with Crippen LogP contribution in [0.1, 0.15) is 22.1 Å². The first-order valence-electron chi connectivity index (χ1n) is 10.4. The van der Waals surface area contributed by atoms with Gasteiger partial charge in [-0.1, -0.05) is 42.5 Å². The number of carbonyl (C=O) groups is 2. The fourth-order valence-electron chi connectivity index (χ4n) is 3.56. The van der Waals surface area contributed by atoms with Crippen LogP contribution in [0.25, 0.3) is 0 Å². The second-order valence-electron chi connectivity index (χ2n) is 7.62. The SMILES string of the molecule is O=C(COCc1ccccc1)Nc1cccc([C@@H]2SCC(=O)N2c2ccc(C(F)(F)F)cc2)c1. The first kappa shape index (κ1) is 23.8. The van der Waals surface area contributed by atoms with Crippen LogP contribution in [0.5, 0.6) is 0 Å². The maximum atomic E-state index is 12.9. The van der Waals surface area contributed by atoms with Crippen molar-refractivity contribution in [1.82, 2.24) is 0 Å². The molecule has 0 radical (unpaired) electrons. The molecule has 0 aliphatic carbocycles. The minimum atomic E-state index is -4.45. The molecule has 1 aliphatic heterocycles. The van der Waals surface area contributed by atoms with Crippen molar-refractivity contribution in [2.75, 3.05) is 22.6 Å². The van der Waals surface area contributed by atoms with Gasteiger partial charge in [0.2, 0.25) is 11.8 Å². The molecule has 4 rings (SSSR count). The molecule has 5 nitrogen and oxygen atoms in total. The molecule has 1 fully saturated rings. The van der Waals surface area contributed by atoms with E-state index in [-0.39, 0.29) is 24.2 Å². The summed E-state index contributed by atoms with van der Waals surface area (Å²) in [5, 5.41) is 2.36. The number of amides is 2. The van der Waals surface area contributed by atoms with Crippen molar-refractivity contribution < 1.29 is 27.5 Å². The highest BCUT2D eigenvalue weighted by Gasteiger charge is 2.35. The molecule has 34 heavy (non-hydrogen) atoms. The van der Waals surface area contributed by atoms with Crippen molar-refractivity contribution in [2.45, 2.75) is 18.2 Å². The number of alkyl halides is 3. The van der Waals surface area contributed by atoms with E-state index >= 15 is 0 Å².